The zero-order valence-electron chi connectivity index (χ0n) is 13.3. The van der Waals surface area contributed by atoms with E-state index in [2.05, 4.69) is 27.0 Å². The number of methoxy groups -OCH3 is 1. The number of hydrogen-bond donors (Lipinski definition) is 2. The van der Waals surface area contributed by atoms with Crippen molar-refractivity contribution in [1.29, 1.82) is 0 Å². The number of anilines is 1. The highest BCUT2D eigenvalue weighted by molar-refractivity contribution is 7.07. The number of rotatable bonds is 6. The van der Waals surface area contributed by atoms with Crippen LogP contribution in [0, 0.1) is 0 Å². The molecule has 0 aliphatic carbocycles. The summed E-state index contributed by atoms with van der Waals surface area (Å²) in [5, 5.41) is 10.3. The minimum Gasteiger partial charge on any atom is -0.495 e. The molecule has 7 heteroatoms. The maximum Gasteiger partial charge on any atom is 0.319 e. The molecule has 1 aromatic heterocycles. The summed E-state index contributed by atoms with van der Waals surface area (Å²) in [6.07, 6.45) is 0. The molecule has 2 N–H and O–H groups in total. The third kappa shape index (κ3) is 4.86. The van der Waals surface area contributed by atoms with Gasteiger partial charge in [0.15, 0.2) is 0 Å². The van der Waals surface area contributed by atoms with Crippen molar-refractivity contribution in [2.24, 2.45) is 0 Å². The van der Waals surface area contributed by atoms with Crippen LogP contribution in [0.2, 0.25) is 5.02 Å². The van der Waals surface area contributed by atoms with Crippen LogP contribution >= 0.6 is 22.9 Å². The maximum absolute atomic E-state index is 12.2. The van der Waals surface area contributed by atoms with Gasteiger partial charge < -0.3 is 20.3 Å². The molecule has 0 radical (unpaired) electrons. The molecule has 23 heavy (non-hydrogen) atoms. The normalized spacial score (nSPS) is 12.0. The third-order valence-electron chi connectivity index (χ3n) is 3.42. The average Bonchev–Trinajstić information content (AvgIpc) is 3.01. The molecule has 0 saturated heterocycles. The number of nitrogens with zero attached hydrogens (tertiary/aromatic N) is 1. The summed E-state index contributed by atoms with van der Waals surface area (Å²) in [5.74, 6) is 0.562. The smallest absolute Gasteiger partial charge is 0.319 e. The summed E-state index contributed by atoms with van der Waals surface area (Å²) >= 11 is 7.60. The van der Waals surface area contributed by atoms with Crippen LogP contribution in [0.1, 0.15) is 11.6 Å². The number of halogens is 1. The SMILES string of the molecule is COc1ccc(Cl)cc1NC(=O)NCC(c1ccsc1)N(C)C. The Morgan fingerprint density at radius 2 is 2.17 bits per heavy atom. The van der Waals surface area contributed by atoms with Crippen molar-refractivity contribution in [3.8, 4) is 5.75 Å². The van der Waals surface area contributed by atoms with Crippen molar-refractivity contribution < 1.29 is 9.53 Å². The van der Waals surface area contributed by atoms with Crippen LogP contribution in [0.4, 0.5) is 10.5 Å². The van der Waals surface area contributed by atoms with Crippen molar-refractivity contribution in [2.45, 2.75) is 6.04 Å². The second-order valence-electron chi connectivity index (χ2n) is 5.22. The molecule has 1 aromatic carbocycles. The van der Waals surface area contributed by atoms with E-state index in [0.717, 1.165) is 0 Å². The van der Waals surface area contributed by atoms with Gasteiger partial charge in [0.05, 0.1) is 18.8 Å². The first kappa shape index (κ1) is 17.6. The van der Waals surface area contributed by atoms with E-state index in [-0.39, 0.29) is 12.1 Å². The molecule has 1 atom stereocenters. The quantitative estimate of drug-likeness (QED) is 0.829. The summed E-state index contributed by atoms with van der Waals surface area (Å²) < 4.78 is 5.22. The van der Waals surface area contributed by atoms with E-state index in [1.54, 1.807) is 36.6 Å². The van der Waals surface area contributed by atoms with E-state index in [9.17, 15) is 4.79 Å². The van der Waals surface area contributed by atoms with Gasteiger partial charge in [0.2, 0.25) is 0 Å². The van der Waals surface area contributed by atoms with Crippen LogP contribution < -0.4 is 15.4 Å². The summed E-state index contributed by atoms with van der Waals surface area (Å²) in [7, 11) is 5.52. The standard InChI is InChI=1S/C16H20ClN3O2S/c1-20(2)14(11-6-7-23-10-11)9-18-16(21)19-13-8-12(17)4-5-15(13)22-3/h4-8,10,14H,9H2,1-3H3,(H2,18,19,21). The Morgan fingerprint density at radius 1 is 1.39 bits per heavy atom. The van der Waals surface area contributed by atoms with Crippen LogP contribution in [-0.4, -0.2) is 38.7 Å². The number of amides is 2. The predicted molar refractivity (Wildman–Crippen MR) is 95.8 cm³/mol. The zero-order valence-corrected chi connectivity index (χ0v) is 14.9. The Morgan fingerprint density at radius 3 is 2.78 bits per heavy atom. The van der Waals surface area contributed by atoms with Crippen LogP contribution in [0.25, 0.3) is 0 Å². The molecule has 2 aromatic rings. The number of carbonyl (C=O) groups excluding carboxylic acids is 1. The molecule has 2 rings (SSSR count). The van der Waals surface area contributed by atoms with Crippen LogP contribution in [0.15, 0.2) is 35.0 Å². The lowest BCUT2D eigenvalue weighted by molar-refractivity contribution is 0.243. The van der Waals surface area contributed by atoms with Gasteiger partial charge in [-0.2, -0.15) is 11.3 Å². The highest BCUT2D eigenvalue weighted by atomic mass is 35.5. The van der Waals surface area contributed by atoms with Gasteiger partial charge in [0, 0.05) is 11.6 Å². The topological polar surface area (TPSA) is 53.6 Å². The number of benzene rings is 1. The Hall–Kier alpha value is -1.76. The fourth-order valence-electron chi connectivity index (χ4n) is 2.20. The van der Waals surface area contributed by atoms with Gasteiger partial charge in [0.25, 0.3) is 0 Å². The Kier molecular flexibility index (Phi) is 6.27. The fourth-order valence-corrected chi connectivity index (χ4v) is 3.08. The Balaban J connectivity index is 1.98. The highest BCUT2D eigenvalue weighted by Gasteiger charge is 2.16. The van der Waals surface area contributed by atoms with E-state index >= 15 is 0 Å². The van der Waals surface area contributed by atoms with E-state index in [4.69, 9.17) is 16.3 Å². The number of carbonyl (C=O) groups is 1. The zero-order chi connectivity index (χ0) is 16.8. The lowest BCUT2D eigenvalue weighted by Crippen LogP contribution is -2.36. The van der Waals surface area contributed by atoms with Crippen molar-refractivity contribution in [3.05, 3.63) is 45.6 Å². The highest BCUT2D eigenvalue weighted by Crippen LogP contribution is 2.27. The molecule has 0 bridgehead atoms. The van der Waals surface area contributed by atoms with Gasteiger partial charge in [-0.3, -0.25) is 0 Å². The number of urea groups is 1. The first-order chi connectivity index (χ1) is 11.0. The Bertz CT molecular complexity index is 647. The first-order valence-corrected chi connectivity index (χ1v) is 8.40. The predicted octanol–water partition coefficient (Wildman–Crippen LogP) is 3.83. The minimum atomic E-state index is -0.298. The summed E-state index contributed by atoms with van der Waals surface area (Å²) in [6, 6.07) is 6.96. The molecule has 0 spiro atoms. The van der Waals surface area contributed by atoms with Gasteiger partial charge >= 0.3 is 6.03 Å². The molecule has 1 heterocycles. The van der Waals surface area contributed by atoms with Gasteiger partial charge in [-0.1, -0.05) is 11.6 Å². The summed E-state index contributed by atoms with van der Waals surface area (Å²) in [6.45, 7) is 0.498. The summed E-state index contributed by atoms with van der Waals surface area (Å²) in [5.41, 5.74) is 1.72. The number of ether oxygens (including phenoxy) is 1. The van der Waals surface area contributed by atoms with E-state index in [0.29, 0.717) is 23.0 Å². The van der Waals surface area contributed by atoms with Crippen molar-refractivity contribution >= 4 is 34.7 Å². The van der Waals surface area contributed by atoms with Gasteiger partial charge in [-0.25, -0.2) is 4.79 Å². The third-order valence-corrected chi connectivity index (χ3v) is 4.35. The molecule has 0 fully saturated rings. The van der Waals surface area contributed by atoms with Gasteiger partial charge in [0.1, 0.15) is 5.75 Å². The lowest BCUT2D eigenvalue weighted by Gasteiger charge is -2.24. The number of hydrogen-bond acceptors (Lipinski definition) is 4. The monoisotopic (exact) mass is 353 g/mol. The molecular weight excluding hydrogens is 334 g/mol. The first-order valence-electron chi connectivity index (χ1n) is 7.08. The fraction of sp³-hybridized carbons (Fsp3) is 0.312. The summed E-state index contributed by atoms with van der Waals surface area (Å²) in [4.78, 5) is 14.2. The molecule has 0 aliphatic rings. The number of nitrogens with one attached hydrogen (secondary N) is 2. The van der Waals surface area contributed by atoms with Crippen molar-refractivity contribution in [1.82, 2.24) is 10.2 Å². The largest absolute Gasteiger partial charge is 0.495 e. The number of thiophene rings is 1. The lowest BCUT2D eigenvalue weighted by atomic mass is 10.1. The van der Waals surface area contributed by atoms with Crippen molar-refractivity contribution in [3.63, 3.8) is 0 Å². The van der Waals surface area contributed by atoms with Gasteiger partial charge in [-0.15, -0.1) is 0 Å². The molecule has 124 valence electrons. The molecule has 5 nitrogen and oxygen atoms in total. The van der Waals surface area contributed by atoms with E-state index in [1.807, 2.05) is 19.5 Å². The van der Waals surface area contributed by atoms with Crippen molar-refractivity contribution in [2.75, 3.05) is 33.1 Å². The van der Waals surface area contributed by atoms with Gasteiger partial charge in [-0.05, 0) is 54.7 Å². The Labute approximate surface area is 145 Å². The van der Waals surface area contributed by atoms with Crippen LogP contribution in [0.5, 0.6) is 5.75 Å². The minimum absolute atomic E-state index is 0.119. The molecule has 0 aliphatic heterocycles. The maximum atomic E-state index is 12.2. The van der Waals surface area contributed by atoms with E-state index in [1.165, 1.54) is 5.56 Å². The molecule has 0 saturated carbocycles. The second-order valence-corrected chi connectivity index (χ2v) is 6.43. The number of likely N-dealkylation sites (N-methyl/N-ethyl adjacent to an activating group) is 1. The molecular formula is C16H20ClN3O2S. The van der Waals surface area contributed by atoms with Crippen LogP contribution in [-0.2, 0) is 0 Å². The molecule has 1 unspecified atom stereocenters. The second kappa shape index (κ2) is 8.19. The van der Waals surface area contributed by atoms with Crippen LogP contribution in [0.3, 0.4) is 0 Å². The average molecular weight is 354 g/mol. The molecule has 2 amide bonds. The van der Waals surface area contributed by atoms with E-state index < -0.39 is 0 Å².